The Kier molecular flexibility index (Phi) is 4.58. The van der Waals surface area contributed by atoms with E-state index in [-0.39, 0.29) is 28.9 Å². The number of fused-ring (bicyclic) bond motifs is 2. The number of anilines is 2. The van der Waals surface area contributed by atoms with Crippen LogP contribution >= 0.6 is 0 Å². The Morgan fingerprint density at radius 3 is 2.66 bits per heavy atom. The van der Waals surface area contributed by atoms with Crippen molar-refractivity contribution in [1.82, 2.24) is 15.0 Å². The summed E-state index contributed by atoms with van der Waals surface area (Å²) in [6.45, 7) is 4.07. The Morgan fingerprint density at radius 1 is 1.09 bits per heavy atom. The first-order valence-corrected chi connectivity index (χ1v) is 10.3. The van der Waals surface area contributed by atoms with Crippen LogP contribution in [-0.2, 0) is 6.42 Å². The lowest BCUT2D eigenvalue weighted by molar-refractivity contribution is 0.0910. The first kappa shape index (κ1) is 20.0. The lowest BCUT2D eigenvalue weighted by atomic mass is 9.75. The van der Waals surface area contributed by atoms with E-state index < -0.39 is 0 Å². The number of ketones is 1. The van der Waals surface area contributed by atoms with E-state index in [9.17, 15) is 9.90 Å². The van der Waals surface area contributed by atoms with Crippen LogP contribution in [0.1, 0.15) is 36.3 Å². The van der Waals surface area contributed by atoms with Gasteiger partial charge in [0, 0.05) is 18.1 Å². The Hall–Kier alpha value is -3.94. The number of Topliss-reactive ketones (excluding diaryl/α,β-unsaturated/α-hetero) is 1. The van der Waals surface area contributed by atoms with Crippen LogP contribution in [-0.4, -0.2) is 33.0 Å². The summed E-state index contributed by atoms with van der Waals surface area (Å²) in [5.41, 5.74) is 2.98. The number of nitrogens with zero attached hydrogens (tertiary/aromatic N) is 3. The van der Waals surface area contributed by atoms with Crippen molar-refractivity contribution in [2.75, 3.05) is 12.4 Å². The van der Waals surface area contributed by atoms with Gasteiger partial charge in [0.25, 0.3) is 0 Å². The van der Waals surface area contributed by atoms with E-state index >= 15 is 0 Å². The number of methoxy groups -OCH3 is 1. The molecule has 1 aliphatic rings. The molecule has 0 unspecified atom stereocenters. The van der Waals surface area contributed by atoms with Crippen LogP contribution in [0, 0.1) is 5.41 Å². The van der Waals surface area contributed by atoms with E-state index in [2.05, 4.69) is 20.3 Å². The summed E-state index contributed by atoms with van der Waals surface area (Å²) in [5, 5.41) is 13.7. The van der Waals surface area contributed by atoms with Crippen LogP contribution in [0.15, 0.2) is 46.9 Å². The third-order valence-corrected chi connectivity index (χ3v) is 5.52. The van der Waals surface area contributed by atoms with Crippen LogP contribution in [0.2, 0.25) is 0 Å². The first-order valence-electron chi connectivity index (χ1n) is 10.3. The second-order valence-corrected chi connectivity index (χ2v) is 8.65. The Labute approximate surface area is 184 Å². The minimum atomic E-state index is -0.230. The van der Waals surface area contributed by atoms with Crippen LogP contribution < -0.4 is 10.1 Å². The van der Waals surface area contributed by atoms with Crippen molar-refractivity contribution in [3.05, 3.63) is 53.7 Å². The van der Waals surface area contributed by atoms with Crippen molar-refractivity contribution in [3.63, 3.8) is 0 Å². The van der Waals surface area contributed by atoms with Gasteiger partial charge >= 0.3 is 6.01 Å². The molecule has 0 amide bonds. The highest BCUT2D eigenvalue weighted by atomic mass is 16.5. The van der Waals surface area contributed by atoms with Gasteiger partial charge in [0.05, 0.1) is 24.1 Å². The smallest absolute Gasteiger partial charge is 0.302 e. The predicted octanol–water partition coefficient (Wildman–Crippen LogP) is 4.90. The number of phenolic OH excluding ortho intramolecular Hbond substituents is 1. The fraction of sp³-hybridized carbons (Fsp3) is 0.250. The second-order valence-electron chi connectivity index (χ2n) is 8.65. The minimum absolute atomic E-state index is 0.0318. The molecule has 2 N–H and O–H groups in total. The van der Waals surface area contributed by atoms with E-state index in [0.29, 0.717) is 52.2 Å². The molecule has 4 aromatic rings. The molecule has 8 nitrogen and oxygen atoms in total. The molecule has 0 atom stereocenters. The number of aromatic nitrogens is 3. The van der Waals surface area contributed by atoms with Crippen molar-refractivity contribution < 1.29 is 19.1 Å². The number of para-hydroxylation sites is 2. The molecule has 0 saturated heterocycles. The standard InChI is InChI=1S/C24H22N4O4/c1-24(2)11-16-20(18(30)12-24)21(14-9-8-13(31-3)10-17(14)29)27-22(25-16)28-23-26-15-6-4-5-7-19(15)32-23/h4-10,29H,11-12H2,1-3H3,(H,25,26,27,28). The van der Waals surface area contributed by atoms with Crippen LogP contribution in [0.3, 0.4) is 0 Å². The quantitative estimate of drug-likeness (QED) is 0.470. The van der Waals surface area contributed by atoms with Gasteiger partial charge in [0.1, 0.15) is 17.0 Å². The van der Waals surface area contributed by atoms with Gasteiger partial charge in [-0.25, -0.2) is 9.97 Å². The van der Waals surface area contributed by atoms with Crippen molar-refractivity contribution in [2.24, 2.45) is 5.41 Å². The maximum atomic E-state index is 13.1. The third kappa shape index (κ3) is 3.53. The average molecular weight is 430 g/mol. The Bertz CT molecular complexity index is 1330. The number of nitrogens with one attached hydrogen (secondary N) is 1. The van der Waals surface area contributed by atoms with Gasteiger partial charge < -0.3 is 14.3 Å². The van der Waals surface area contributed by atoms with Crippen LogP contribution in [0.5, 0.6) is 11.5 Å². The van der Waals surface area contributed by atoms with E-state index in [1.54, 1.807) is 12.1 Å². The SMILES string of the molecule is COc1ccc(-c2nc(Nc3nc4ccccc4o3)nc3c2C(=O)CC(C)(C)C3)c(O)c1. The number of carbonyl (C=O) groups excluding carboxylic acids is 1. The minimum Gasteiger partial charge on any atom is -0.507 e. The molecule has 2 aromatic heterocycles. The molecule has 2 heterocycles. The zero-order valence-corrected chi connectivity index (χ0v) is 18.0. The second kappa shape index (κ2) is 7.33. The van der Waals surface area contributed by atoms with E-state index in [4.69, 9.17) is 9.15 Å². The molecule has 162 valence electrons. The highest BCUT2D eigenvalue weighted by Crippen LogP contribution is 2.41. The number of oxazole rings is 1. The lowest BCUT2D eigenvalue weighted by Crippen LogP contribution is -2.29. The largest absolute Gasteiger partial charge is 0.507 e. The van der Waals surface area contributed by atoms with Crippen LogP contribution in [0.25, 0.3) is 22.4 Å². The summed E-state index contributed by atoms with van der Waals surface area (Å²) in [7, 11) is 1.52. The highest BCUT2D eigenvalue weighted by molar-refractivity contribution is 6.04. The molecular weight excluding hydrogens is 408 g/mol. The number of carbonyl (C=O) groups is 1. The number of phenols is 1. The van der Waals surface area contributed by atoms with Crippen molar-refractivity contribution >= 4 is 28.8 Å². The zero-order valence-electron chi connectivity index (χ0n) is 18.0. The Morgan fingerprint density at radius 2 is 1.91 bits per heavy atom. The van der Waals surface area contributed by atoms with Crippen molar-refractivity contribution in [2.45, 2.75) is 26.7 Å². The Balaban J connectivity index is 1.65. The number of rotatable bonds is 4. The van der Waals surface area contributed by atoms with E-state index in [1.165, 1.54) is 13.2 Å². The summed E-state index contributed by atoms with van der Waals surface area (Å²) in [6, 6.07) is 12.6. The maximum absolute atomic E-state index is 13.1. The highest BCUT2D eigenvalue weighted by Gasteiger charge is 2.35. The first-order chi connectivity index (χ1) is 15.3. The molecule has 2 aromatic carbocycles. The van der Waals surface area contributed by atoms with Crippen LogP contribution in [0.4, 0.5) is 12.0 Å². The predicted molar refractivity (Wildman–Crippen MR) is 119 cm³/mol. The molecule has 0 saturated carbocycles. The molecule has 1 aliphatic carbocycles. The fourth-order valence-corrected chi connectivity index (χ4v) is 4.08. The monoisotopic (exact) mass is 430 g/mol. The summed E-state index contributed by atoms with van der Waals surface area (Å²) < 4.78 is 10.9. The number of aromatic hydroxyl groups is 1. The lowest BCUT2D eigenvalue weighted by Gasteiger charge is -2.30. The normalized spacial score (nSPS) is 14.9. The third-order valence-electron chi connectivity index (χ3n) is 5.52. The summed E-state index contributed by atoms with van der Waals surface area (Å²) >= 11 is 0. The molecule has 0 radical (unpaired) electrons. The zero-order chi connectivity index (χ0) is 22.5. The number of ether oxygens (including phenoxy) is 1. The van der Waals surface area contributed by atoms with E-state index in [1.807, 2.05) is 38.1 Å². The summed E-state index contributed by atoms with van der Waals surface area (Å²) in [5.74, 6) is 0.669. The average Bonchev–Trinajstić information content (AvgIpc) is 3.14. The molecule has 8 heteroatoms. The summed E-state index contributed by atoms with van der Waals surface area (Å²) in [4.78, 5) is 26.7. The molecular formula is C24H22N4O4. The van der Waals surface area contributed by atoms with Crippen molar-refractivity contribution in [1.29, 1.82) is 0 Å². The van der Waals surface area contributed by atoms with Gasteiger partial charge in [-0.2, -0.15) is 4.98 Å². The molecule has 32 heavy (non-hydrogen) atoms. The van der Waals surface area contributed by atoms with Gasteiger partial charge in [0.2, 0.25) is 5.95 Å². The van der Waals surface area contributed by atoms with E-state index in [0.717, 1.165) is 0 Å². The van der Waals surface area contributed by atoms with Gasteiger partial charge in [-0.15, -0.1) is 0 Å². The van der Waals surface area contributed by atoms with Gasteiger partial charge in [-0.05, 0) is 36.1 Å². The molecule has 0 aliphatic heterocycles. The fourth-order valence-electron chi connectivity index (χ4n) is 4.08. The summed E-state index contributed by atoms with van der Waals surface area (Å²) in [6.07, 6.45) is 0.980. The van der Waals surface area contributed by atoms with Gasteiger partial charge in [0.15, 0.2) is 11.4 Å². The number of hydrogen-bond acceptors (Lipinski definition) is 8. The molecule has 5 rings (SSSR count). The molecule has 0 bridgehead atoms. The topological polar surface area (TPSA) is 110 Å². The number of benzene rings is 2. The van der Waals surface area contributed by atoms with Gasteiger partial charge in [-0.3, -0.25) is 10.1 Å². The maximum Gasteiger partial charge on any atom is 0.302 e. The molecule has 0 fully saturated rings. The van der Waals surface area contributed by atoms with Crippen molar-refractivity contribution in [3.8, 4) is 22.8 Å². The molecule has 0 spiro atoms. The van der Waals surface area contributed by atoms with Gasteiger partial charge in [-0.1, -0.05) is 26.0 Å². The number of hydrogen-bond donors (Lipinski definition) is 2.